The zero-order valence-electron chi connectivity index (χ0n) is 19.0. The Hall–Kier alpha value is -3.79. The van der Waals surface area contributed by atoms with Crippen LogP contribution in [0.1, 0.15) is 30.9 Å². The number of benzene rings is 2. The molecule has 10 heteroatoms. The third-order valence-electron chi connectivity index (χ3n) is 5.85. The van der Waals surface area contributed by atoms with Crippen LogP contribution in [-0.2, 0) is 22.6 Å². The summed E-state index contributed by atoms with van der Waals surface area (Å²) in [5, 5.41) is 10.5. The van der Waals surface area contributed by atoms with E-state index < -0.39 is 23.4 Å². The molecule has 0 saturated carbocycles. The number of hydrogen-bond donors (Lipinski definition) is 3. The average Bonchev–Trinajstić information content (AvgIpc) is 3.29. The molecule has 0 radical (unpaired) electrons. The molecule has 1 saturated heterocycles. The van der Waals surface area contributed by atoms with Gasteiger partial charge in [-0.05, 0) is 50.5 Å². The van der Waals surface area contributed by atoms with Gasteiger partial charge in [-0.3, -0.25) is 24.7 Å². The Balaban J connectivity index is 1.38. The predicted octanol–water partition coefficient (Wildman–Crippen LogP) is 3.28. The smallest absolute Gasteiger partial charge is 0.322 e. The van der Waals surface area contributed by atoms with Gasteiger partial charge in [-0.1, -0.05) is 54.1 Å². The number of carbonyl (C=O) groups excluding carboxylic acids is 3. The van der Waals surface area contributed by atoms with Crippen molar-refractivity contribution in [3.05, 3.63) is 70.5 Å². The molecule has 2 heterocycles. The standard InChI is InChI=1S/C24H26N6O3S/c1-16-7-6-10-18(15-16)20-26-27-23(34)29(20)14-12-19(31)28-30-21(32)24(2,25-22(30)33)13-11-17-8-4-3-5-9-17/h3-10,15H,11-14H2,1-2H3,(H,25,33)(H,27,34)(H,28,31). The molecule has 3 aromatic rings. The fraction of sp³-hybridized carbons (Fsp3) is 0.292. The minimum Gasteiger partial charge on any atom is -0.322 e. The summed E-state index contributed by atoms with van der Waals surface area (Å²) in [6.45, 7) is 3.88. The van der Waals surface area contributed by atoms with Gasteiger partial charge in [-0.2, -0.15) is 10.1 Å². The van der Waals surface area contributed by atoms with Crippen LogP contribution in [0.15, 0.2) is 54.6 Å². The van der Waals surface area contributed by atoms with E-state index in [9.17, 15) is 14.4 Å². The number of amides is 4. The highest BCUT2D eigenvalue weighted by Crippen LogP contribution is 2.23. The lowest BCUT2D eigenvalue weighted by Crippen LogP contribution is -2.49. The highest BCUT2D eigenvalue weighted by Gasteiger charge is 2.48. The molecule has 4 amide bonds. The lowest BCUT2D eigenvalue weighted by Gasteiger charge is -2.21. The number of aromatic nitrogens is 3. The van der Waals surface area contributed by atoms with Crippen molar-refractivity contribution in [1.29, 1.82) is 0 Å². The van der Waals surface area contributed by atoms with Crippen molar-refractivity contribution in [2.45, 2.75) is 45.2 Å². The first-order chi connectivity index (χ1) is 16.3. The van der Waals surface area contributed by atoms with Gasteiger partial charge in [0.25, 0.3) is 5.91 Å². The first-order valence-electron chi connectivity index (χ1n) is 11.0. The van der Waals surface area contributed by atoms with Crippen molar-refractivity contribution >= 4 is 30.1 Å². The highest BCUT2D eigenvalue weighted by atomic mass is 32.1. The van der Waals surface area contributed by atoms with E-state index in [-0.39, 0.29) is 13.0 Å². The van der Waals surface area contributed by atoms with E-state index in [0.29, 0.717) is 23.4 Å². The van der Waals surface area contributed by atoms with E-state index in [2.05, 4.69) is 20.9 Å². The van der Waals surface area contributed by atoms with Gasteiger partial charge in [-0.25, -0.2) is 4.79 Å². The molecule has 1 fully saturated rings. The Morgan fingerprint density at radius 2 is 1.91 bits per heavy atom. The molecule has 34 heavy (non-hydrogen) atoms. The molecular weight excluding hydrogens is 452 g/mol. The number of nitrogens with zero attached hydrogens (tertiary/aromatic N) is 3. The van der Waals surface area contributed by atoms with E-state index in [1.54, 1.807) is 11.5 Å². The fourth-order valence-electron chi connectivity index (χ4n) is 3.92. The van der Waals surface area contributed by atoms with E-state index in [4.69, 9.17) is 12.2 Å². The van der Waals surface area contributed by atoms with Crippen LogP contribution >= 0.6 is 12.2 Å². The van der Waals surface area contributed by atoms with E-state index in [0.717, 1.165) is 21.7 Å². The second-order valence-corrected chi connectivity index (χ2v) is 8.93. The number of urea groups is 1. The molecule has 1 aliphatic heterocycles. The maximum atomic E-state index is 12.9. The number of aryl methyl sites for hydroxylation is 2. The van der Waals surface area contributed by atoms with Crippen molar-refractivity contribution in [3.63, 3.8) is 0 Å². The zero-order valence-corrected chi connectivity index (χ0v) is 19.8. The minimum absolute atomic E-state index is 0.00441. The molecule has 1 aliphatic rings. The lowest BCUT2D eigenvalue weighted by atomic mass is 9.93. The molecule has 1 aromatic heterocycles. The van der Waals surface area contributed by atoms with E-state index in [1.165, 1.54) is 0 Å². The van der Waals surface area contributed by atoms with Crippen molar-refractivity contribution in [2.24, 2.45) is 0 Å². The molecule has 2 aromatic carbocycles. The summed E-state index contributed by atoms with van der Waals surface area (Å²) in [4.78, 5) is 38.0. The molecule has 0 bridgehead atoms. The molecule has 0 spiro atoms. The van der Waals surface area contributed by atoms with Gasteiger partial charge in [0.2, 0.25) is 5.91 Å². The Kier molecular flexibility index (Phi) is 6.60. The topological polar surface area (TPSA) is 112 Å². The summed E-state index contributed by atoms with van der Waals surface area (Å²) >= 11 is 5.32. The fourth-order valence-corrected chi connectivity index (χ4v) is 4.14. The molecule has 1 atom stereocenters. The van der Waals surface area contributed by atoms with Crippen LogP contribution in [0.5, 0.6) is 0 Å². The van der Waals surface area contributed by atoms with E-state index >= 15 is 0 Å². The molecule has 0 aliphatic carbocycles. The summed E-state index contributed by atoms with van der Waals surface area (Å²) in [5.74, 6) is -0.346. The van der Waals surface area contributed by atoms with Crippen molar-refractivity contribution in [2.75, 3.05) is 0 Å². The van der Waals surface area contributed by atoms with Crippen LogP contribution in [-0.4, -0.2) is 43.2 Å². The maximum absolute atomic E-state index is 12.9. The predicted molar refractivity (Wildman–Crippen MR) is 129 cm³/mol. The maximum Gasteiger partial charge on any atom is 0.344 e. The van der Waals surface area contributed by atoms with Gasteiger partial charge in [-0.15, -0.1) is 0 Å². The van der Waals surface area contributed by atoms with Gasteiger partial charge in [0.15, 0.2) is 10.6 Å². The average molecular weight is 479 g/mol. The number of carbonyl (C=O) groups is 3. The molecule has 3 N–H and O–H groups in total. The van der Waals surface area contributed by atoms with Crippen LogP contribution in [0, 0.1) is 11.7 Å². The van der Waals surface area contributed by atoms with Crippen LogP contribution in [0.3, 0.4) is 0 Å². The number of aromatic amines is 1. The highest BCUT2D eigenvalue weighted by molar-refractivity contribution is 7.71. The summed E-state index contributed by atoms with van der Waals surface area (Å²) in [6, 6.07) is 16.9. The quantitative estimate of drug-likeness (QED) is 0.340. The molecule has 176 valence electrons. The van der Waals surface area contributed by atoms with Crippen molar-refractivity contribution in [1.82, 2.24) is 30.5 Å². The Labute approximate surface area is 202 Å². The number of imide groups is 1. The number of rotatable bonds is 8. The number of nitrogens with one attached hydrogen (secondary N) is 3. The SMILES string of the molecule is Cc1cccc(-c2n[nH]c(=S)n2CCC(=O)NN2C(=O)NC(C)(CCc3ccccc3)C2=O)c1. The Bertz CT molecular complexity index is 1290. The summed E-state index contributed by atoms with van der Waals surface area (Å²) in [7, 11) is 0. The first-order valence-corrected chi connectivity index (χ1v) is 11.4. The third-order valence-corrected chi connectivity index (χ3v) is 6.16. The molecule has 9 nitrogen and oxygen atoms in total. The largest absolute Gasteiger partial charge is 0.344 e. The van der Waals surface area contributed by atoms with Crippen LogP contribution < -0.4 is 10.7 Å². The third kappa shape index (κ3) is 4.91. The monoisotopic (exact) mass is 478 g/mol. The number of hydrazine groups is 1. The normalized spacial score (nSPS) is 17.6. The molecular formula is C24H26N6O3S. The zero-order chi connectivity index (χ0) is 24.3. The van der Waals surface area contributed by atoms with Gasteiger partial charge in [0.1, 0.15) is 5.54 Å². The number of hydrogen-bond acceptors (Lipinski definition) is 5. The second kappa shape index (κ2) is 9.60. The molecule has 4 rings (SSSR count). The van der Waals surface area contributed by atoms with Gasteiger partial charge < -0.3 is 5.32 Å². The van der Waals surface area contributed by atoms with Gasteiger partial charge in [0.05, 0.1) is 0 Å². The van der Waals surface area contributed by atoms with Crippen molar-refractivity contribution in [3.8, 4) is 11.4 Å². The lowest BCUT2D eigenvalue weighted by molar-refractivity contribution is -0.139. The second-order valence-electron chi connectivity index (χ2n) is 8.55. The number of H-pyrrole nitrogens is 1. The Morgan fingerprint density at radius 3 is 2.65 bits per heavy atom. The first kappa shape index (κ1) is 23.4. The summed E-state index contributed by atoms with van der Waals surface area (Å²) in [5.41, 5.74) is 4.35. The minimum atomic E-state index is -1.09. The summed E-state index contributed by atoms with van der Waals surface area (Å²) in [6.07, 6.45) is 1.04. The van der Waals surface area contributed by atoms with Crippen molar-refractivity contribution < 1.29 is 14.4 Å². The van der Waals surface area contributed by atoms with Crippen LogP contribution in [0.4, 0.5) is 4.79 Å². The van der Waals surface area contributed by atoms with Gasteiger partial charge >= 0.3 is 6.03 Å². The summed E-state index contributed by atoms with van der Waals surface area (Å²) < 4.78 is 2.10. The Morgan fingerprint density at radius 1 is 1.15 bits per heavy atom. The van der Waals surface area contributed by atoms with Crippen LogP contribution in [0.25, 0.3) is 11.4 Å². The van der Waals surface area contributed by atoms with Crippen LogP contribution in [0.2, 0.25) is 0 Å². The molecule has 1 unspecified atom stereocenters. The van der Waals surface area contributed by atoms with E-state index in [1.807, 2.05) is 61.5 Å². The van der Waals surface area contributed by atoms with Gasteiger partial charge in [0, 0.05) is 18.5 Å².